The number of anilines is 4. The molecule has 3 aliphatic heterocycles. The molecule has 4 aromatic carbocycles. The van der Waals surface area contributed by atoms with E-state index in [2.05, 4.69) is 36.3 Å². The number of nitrogen functional groups attached to an aromatic ring is 1. The molecule has 1 atom stereocenters. The Kier molecular flexibility index (Phi) is 18.0. The van der Waals surface area contributed by atoms with Gasteiger partial charge in [-0.3, -0.25) is 43.8 Å². The number of unbranched alkanes of at least 4 members (excludes halogenated alkanes) is 1. The summed E-state index contributed by atoms with van der Waals surface area (Å²) in [7, 11) is 0. The molecule has 0 radical (unpaired) electrons. The second kappa shape index (κ2) is 25.3. The van der Waals surface area contributed by atoms with Crippen molar-refractivity contribution in [1.82, 2.24) is 25.8 Å². The van der Waals surface area contributed by atoms with Crippen LogP contribution in [-0.4, -0.2) is 117 Å². The summed E-state index contributed by atoms with van der Waals surface area (Å²) in [4.78, 5) is 93.3. The van der Waals surface area contributed by atoms with Crippen LogP contribution in [-0.2, 0) is 39.8 Å². The standard InChI is InChI=1S/C53H56FN9O10S/c54-42-30-37(11-13-38(42)34-28-41(49(55)59-31-34)32-10-12-39-33(27-32)16-19-58-50(39)67)74-62-36-6-3-5-35(29-36)60-46(65)9-1-2-18-57-45(64)17-21-71-23-25-73-26-24-72-22-20-56-43-8-4-7-40-48(43)53(70)63(52(40)69)44-14-15-47(66)61-51(44)68/h3-8,10-13,27-31,44,56,62H,1-2,9,14-26H2,(H2,55,59)(H,57,64)(H,58,67)(H,60,65)(H,61,66,68). The van der Waals surface area contributed by atoms with Gasteiger partial charge in [0.25, 0.3) is 17.7 Å². The molecule has 4 heterocycles. The molecule has 1 unspecified atom stereocenters. The molecule has 1 aromatic heterocycles. The van der Waals surface area contributed by atoms with Gasteiger partial charge in [0, 0.05) is 89.3 Å². The van der Waals surface area contributed by atoms with E-state index in [-0.39, 0.29) is 61.1 Å². The van der Waals surface area contributed by atoms with Crippen LogP contribution in [0.25, 0.3) is 22.3 Å². The minimum Gasteiger partial charge on any atom is -0.383 e. The molecule has 3 aliphatic rings. The average Bonchev–Trinajstić information content (AvgIpc) is 3.64. The minimum absolute atomic E-state index is 0.0433. The summed E-state index contributed by atoms with van der Waals surface area (Å²) >= 11 is 1.22. The zero-order valence-corrected chi connectivity index (χ0v) is 41.2. The number of aromatic nitrogens is 1. The molecule has 0 bridgehead atoms. The van der Waals surface area contributed by atoms with Crippen molar-refractivity contribution >= 4 is 76.2 Å². The number of ether oxygens (including phenoxy) is 3. The first-order valence-electron chi connectivity index (χ1n) is 24.3. The van der Waals surface area contributed by atoms with Gasteiger partial charge in [-0.15, -0.1) is 0 Å². The van der Waals surface area contributed by atoms with Gasteiger partial charge in [0.05, 0.1) is 50.8 Å². The zero-order valence-electron chi connectivity index (χ0n) is 40.4. The zero-order chi connectivity index (χ0) is 52.0. The van der Waals surface area contributed by atoms with Gasteiger partial charge in [-0.05, 0) is 103 Å². The number of amides is 7. The Morgan fingerprint density at radius 1 is 0.743 bits per heavy atom. The number of carbonyl (C=O) groups is 7. The van der Waals surface area contributed by atoms with Crippen LogP contribution in [0.1, 0.15) is 75.2 Å². The molecule has 8 N–H and O–H groups in total. The molecular weight excluding hydrogens is 974 g/mol. The first-order chi connectivity index (χ1) is 35.9. The van der Waals surface area contributed by atoms with Crippen molar-refractivity contribution in [3.8, 4) is 22.3 Å². The number of halogens is 1. The van der Waals surface area contributed by atoms with Crippen molar-refractivity contribution in [2.45, 2.75) is 55.9 Å². The molecule has 21 heteroatoms. The van der Waals surface area contributed by atoms with Crippen LogP contribution in [0.2, 0.25) is 0 Å². The van der Waals surface area contributed by atoms with Crippen molar-refractivity contribution in [3.05, 3.63) is 119 Å². The fourth-order valence-corrected chi connectivity index (χ4v) is 9.26. The van der Waals surface area contributed by atoms with E-state index in [4.69, 9.17) is 19.9 Å². The summed E-state index contributed by atoms with van der Waals surface area (Å²) in [6.07, 6.45) is 4.01. The number of piperidine rings is 1. The van der Waals surface area contributed by atoms with Gasteiger partial charge in [0.1, 0.15) is 17.7 Å². The highest BCUT2D eigenvalue weighted by molar-refractivity contribution is 8.00. The van der Waals surface area contributed by atoms with Crippen molar-refractivity contribution < 1.29 is 52.2 Å². The SMILES string of the molecule is Nc1ncc(-c2ccc(SNc3cccc(NC(=O)CCCCNC(=O)CCOCCOCCOCCNc4cccc5c4C(=O)N(C4CCC(=O)NC4=O)C5=O)c3)cc2F)cc1-c1ccc2c(c1)CCNC2=O. The fourth-order valence-electron chi connectivity index (χ4n) is 8.60. The first kappa shape index (κ1) is 52.6. The number of imide groups is 2. The number of pyridine rings is 1. The number of fused-ring (bicyclic) bond motifs is 2. The molecule has 1 saturated heterocycles. The predicted molar refractivity (Wildman–Crippen MR) is 276 cm³/mol. The molecule has 7 amide bonds. The molecular formula is C53H56FN9O10S. The Morgan fingerprint density at radius 3 is 2.32 bits per heavy atom. The van der Waals surface area contributed by atoms with Gasteiger partial charge in [0.15, 0.2) is 0 Å². The highest BCUT2D eigenvalue weighted by atomic mass is 32.2. The predicted octanol–water partition coefficient (Wildman–Crippen LogP) is 5.72. The molecule has 8 rings (SSSR count). The topological polar surface area (TPSA) is 262 Å². The number of carbonyl (C=O) groups excluding carboxylic acids is 7. The molecule has 0 aliphatic carbocycles. The van der Waals surface area contributed by atoms with Crippen molar-refractivity contribution in [1.29, 1.82) is 0 Å². The van der Waals surface area contributed by atoms with E-state index in [1.54, 1.807) is 54.6 Å². The van der Waals surface area contributed by atoms with Gasteiger partial charge in [-0.2, -0.15) is 0 Å². The lowest BCUT2D eigenvalue weighted by Gasteiger charge is -2.27. The maximum Gasteiger partial charge on any atom is 0.264 e. The second-order valence-electron chi connectivity index (χ2n) is 17.5. The van der Waals surface area contributed by atoms with E-state index in [1.165, 1.54) is 30.3 Å². The average molecular weight is 1030 g/mol. The number of nitrogens with two attached hydrogens (primary N) is 1. The Balaban J connectivity index is 0.642. The quantitative estimate of drug-likeness (QED) is 0.0210. The maximum absolute atomic E-state index is 15.6. The number of rotatable bonds is 25. The van der Waals surface area contributed by atoms with Crippen LogP contribution in [0.3, 0.4) is 0 Å². The molecule has 0 spiro atoms. The maximum atomic E-state index is 15.6. The van der Waals surface area contributed by atoms with Crippen molar-refractivity contribution in [2.24, 2.45) is 0 Å². The van der Waals surface area contributed by atoms with Crippen LogP contribution in [0.4, 0.5) is 27.3 Å². The van der Waals surface area contributed by atoms with Gasteiger partial charge < -0.3 is 45.9 Å². The minimum atomic E-state index is -1.04. The third kappa shape index (κ3) is 13.5. The highest BCUT2D eigenvalue weighted by Gasteiger charge is 2.45. The lowest BCUT2D eigenvalue weighted by Crippen LogP contribution is -2.54. The Bertz CT molecular complexity index is 2940. The monoisotopic (exact) mass is 1030 g/mol. The second-order valence-corrected chi connectivity index (χ2v) is 18.4. The van der Waals surface area contributed by atoms with E-state index in [9.17, 15) is 33.6 Å². The Labute approximate surface area is 430 Å². The smallest absolute Gasteiger partial charge is 0.264 e. The molecule has 74 heavy (non-hydrogen) atoms. The third-order valence-electron chi connectivity index (χ3n) is 12.3. The van der Waals surface area contributed by atoms with E-state index < -0.39 is 35.5 Å². The summed E-state index contributed by atoms with van der Waals surface area (Å²) in [6.45, 7) is 3.07. The number of benzene rings is 4. The first-order valence-corrected chi connectivity index (χ1v) is 25.1. The van der Waals surface area contributed by atoms with E-state index in [0.717, 1.165) is 16.0 Å². The number of nitrogens with zero attached hydrogens (tertiary/aromatic N) is 2. The Morgan fingerprint density at radius 2 is 1.51 bits per heavy atom. The van der Waals surface area contributed by atoms with Gasteiger partial charge in [-0.25, -0.2) is 9.37 Å². The number of nitrogens with one attached hydrogen (secondary N) is 6. The summed E-state index contributed by atoms with van der Waals surface area (Å²) in [5, 5.41) is 13.9. The lowest BCUT2D eigenvalue weighted by molar-refractivity contribution is -0.136. The van der Waals surface area contributed by atoms with Gasteiger partial charge in [0.2, 0.25) is 23.6 Å². The molecule has 386 valence electrons. The number of hydrogen-bond acceptors (Lipinski definition) is 15. The van der Waals surface area contributed by atoms with Crippen molar-refractivity contribution in [3.63, 3.8) is 0 Å². The fraction of sp³-hybridized carbons (Fsp3) is 0.321. The van der Waals surface area contributed by atoms with Crippen LogP contribution < -0.4 is 37.0 Å². The molecule has 1 fully saturated rings. The molecule has 0 saturated carbocycles. The Hall–Kier alpha value is -7.72. The van der Waals surface area contributed by atoms with Crippen LogP contribution in [0.15, 0.2) is 96.0 Å². The van der Waals surface area contributed by atoms with Gasteiger partial charge in [-0.1, -0.05) is 30.3 Å². The van der Waals surface area contributed by atoms with E-state index >= 15 is 4.39 Å². The van der Waals surface area contributed by atoms with E-state index in [1.807, 2.05) is 18.2 Å². The number of hydrogen-bond donors (Lipinski definition) is 7. The highest BCUT2D eigenvalue weighted by Crippen LogP contribution is 2.35. The van der Waals surface area contributed by atoms with Crippen LogP contribution >= 0.6 is 11.9 Å². The third-order valence-corrected chi connectivity index (χ3v) is 13.2. The van der Waals surface area contributed by atoms with Crippen LogP contribution in [0.5, 0.6) is 0 Å². The van der Waals surface area contributed by atoms with Crippen LogP contribution in [0, 0.1) is 5.82 Å². The summed E-state index contributed by atoms with van der Waals surface area (Å²) in [6, 6.07) is 23.3. The van der Waals surface area contributed by atoms with E-state index in [0.29, 0.717) is 122 Å². The molecule has 19 nitrogen and oxygen atoms in total. The van der Waals surface area contributed by atoms with Crippen molar-refractivity contribution in [2.75, 3.05) is 80.4 Å². The summed E-state index contributed by atoms with van der Waals surface area (Å²) < 4.78 is 35.4. The summed E-state index contributed by atoms with van der Waals surface area (Å²) in [5.41, 5.74) is 12.3. The lowest BCUT2D eigenvalue weighted by atomic mass is 9.94. The molecule has 5 aromatic rings. The summed E-state index contributed by atoms with van der Waals surface area (Å²) in [5.74, 6) is -2.82. The normalized spacial score (nSPS) is 15.0. The largest absolute Gasteiger partial charge is 0.383 e. The van der Waals surface area contributed by atoms with Gasteiger partial charge >= 0.3 is 0 Å².